The molecule has 0 N–H and O–H groups in total. The number of halogens is 15. The van der Waals surface area contributed by atoms with Crippen molar-refractivity contribution in [2.75, 3.05) is 0 Å². The summed E-state index contributed by atoms with van der Waals surface area (Å²) >= 11 is 0. The van der Waals surface area contributed by atoms with Gasteiger partial charge in [0.1, 0.15) is 0 Å². The highest BCUT2D eigenvalue weighted by Crippen LogP contribution is 2.57. The van der Waals surface area contributed by atoms with Gasteiger partial charge in [-0.1, -0.05) is 109 Å². The minimum absolute atomic E-state index is 0.153. The van der Waals surface area contributed by atoms with Crippen molar-refractivity contribution in [2.24, 2.45) is 0 Å². The van der Waals surface area contributed by atoms with Crippen molar-refractivity contribution in [2.45, 2.75) is 0 Å². The van der Waals surface area contributed by atoms with Gasteiger partial charge in [0.25, 0.3) is 0 Å². The Hall–Kier alpha value is -9.45. The van der Waals surface area contributed by atoms with Gasteiger partial charge in [-0.05, 0) is 36.4 Å². The molecule has 0 aliphatic rings. The van der Waals surface area contributed by atoms with Crippen LogP contribution in [0.2, 0.25) is 0 Å². The van der Waals surface area contributed by atoms with Crippen LogP contribution in [0.1, 0.15) is 0 Å². The lowest BCUT2D eigenvalue weighted by atomic mass is 9.84. The third-order valence-corrected chi connectivity index (χ3v) is 14.2. The monoisotopic (exact) mass is 1070 g/mol. The van der Waals surface area contributed by atoms with Gasteiger partial charge >= 0.3 is 0 Å². The summed E-state index contributed by atoms with van der Waals surface area (Å²) in [5.74, 6) is -40.7. The van der Waals surface area contributed by atoms with E-state index in [1.165, 1.54) is 146 Å². The number of benzene rings is 10. The standard InChI is InChI=1S/C60H24F15N3/c61-43-37(44(62)50(68)55(73)49(43)67)40-58(76-31-19-7-1-13-25(31)26-14-2-8-20-32(26)76)41(38-45(63)51(69)56(74)52(70)46(38)64)60(78-35-23-11-5-17-29(35)30-18-6-12-24-36(30)78)42(39-47(65)53(71)57(75)54(72)48(39)66)59(40)77-33-21-9-3-15-27(33)28-16-4-10-22-34(28)77/h1-24H. The Bertz CT molecular complexity index is 4070. The molecule has 3 heterocycles. The van der Waals surface area contributed by atoms with Crippen LogP contribution in [0.25, 0.3) is 116 Å². The molecule has 0 atom stereocenters. The van der Waals surface area contributed by atoms with Crippen molar-refractivity contribution in [1.29, 1.82) is 0 Å². The number of hydrogen-bond donors (Lipinski definition) is 0. The lowest BCUT2D eigenvalue weighted by Crippen LogP contribution is -2.18. The maximum absolute atomic E-state index is 17.7. The molecule has 0 unspecified atom stereocenters. The maximum atomic E-state index is 17.7. The first kappa shape index (κ1) is 48.2. The molecular formula is C60H24F15N3. The number of rotatable bonds is 6. The number of fused-ring (bicyclic) bond motifs is 9. The molecule has 0 aliphatic carbocycles. The van der Waals surface area contributed by atoms with E-state index in [1.807, 2.05) is 0 Å². The van der Waals surface area contributed by atoms with Crippen molar-refractivity contribution in [1.82, 2.24) is 13.7 Å². The Balaban J connectivity index is 1.53. The van der Waals surface area contributed by atoms with Crippen LogP contribution in [0.15, 0.2) is 146 Å². The second kappa shape index (κ2) is 17.3. The fourth-order valence-electron chi connectivity index (χ4n) is 11.1. The Morgan fingerprint density at radius 1 is 0.167 bits per heavy atom. The second-order valence-electron chi connectivity index (χ2n) is 18.1. The lowest BCUT2D eigenvalue weighted by molar-refractivity contribution is 0.380. The average Bonchev–Trinajstić information content (AvgIpc) is 4.23. The largest absolute Gasteiger partial charge is 0.308 e. The molecule has 0 bridgehead atoms. The van der Waals surface area contributed by atoms with Crippen LogP contribution in [0.3, 0.4) is 0 Å². The Morgan fingerprint density at radius 2 is 0.308 bits per heavy atom. The van der Waals surface area contributed by atoms with Crippen molar-refractivity contribution in [3.63, 3.8) is 0 Å². The quantitative estimate of drug-likeness (QED) is 0.0896. The zero-order valence-corrected chi connectivity index (χ0v) is 38.9. The molecule has 3 aromatic heterocycles. The van der Waals surface area contributed by atoms with Crippen molar-refractivity contribution >= 4 is 65.4 Å². The van der Waals surface area contributed by atoms with E-state index in [4.69, 9.17) is 0 Å². The van der Waals surface area contributed by atoms with E-state index >= 15 is 65.9 Å². The Kier molecular flexibility index (Phi) is 10.7. The highest BCUT2D eigenvalue weighted by molar-refractivity contribution is 6.18. The summed E-state index contributed by atoms with van der Waals surface area (Å²) in [5.41, 5.74) is -15.2. The average molecular weight is 1070 g/mol. The van der Waals surface area contributed by atoms with E-state index in [0.29, 0.717) is 0 Å². The molecule has 0 radical (unpaired) electrons. The molecular weight excluding hydrogens is 1050 g/mol. The van der Waals surface area contributed by atoms with E-state index in [0.717, 1.165) is 13.7 Å². The molecule has 0 aliphatic heterocycles. The first-order valence-electron chi connectivity index (χ1n) is 23.3. The minimum atomic E-state index is -2.76. The van der Waals surface area contributed by atoms with Gasteiger partial charge in [-0.15, -0.1) is 0 Å². The second-order valence-corrected chi connectivity index (χ2v) is 18.1. The predicted molar refractivity (Wildman–Crippen MR) is 265 cm³/mol. The van der Waals surface area contributed by atoms with Gasteiger partial charge in [0.05, 0.1) is 66.9 Å². The maximum Gasteiger partial charge on any atom is 0.200 e. The summed E-state index contributed by atoms with van der Waals surface area (Å²) < 4.78 is 255. The van der Waals surface area contributed by atoms with Gasteiger partial charge in [-0.25, -0.2) is 65.9 Å². The van der Waals surface area contributed by atoms with Gasteiger partial charge in [0.15, 0.2) is 69.8 Å². The topological polar surface area (TPSA) is 14.8 Å². The SMILES string of the molecule is Fc1c(F)c(F)c(-c2c(-n3c4ccccc4c4ccccc43)c(-c3c(F)c(F)c(F)c(F)c3F)c(-n3c4ccccc4c4ccccc43)c(-c3c(F)c(F)c(F)c(F)c3F)c2-n2c3ccccc3c3ccccc32)c(F)c1F. The first-order chi connectivity index (χ1) is 37.6. The highest BCUT2D eigenvalue weighted by atomic mass is 19.2. The summed E-state index contributed by atoms with van der Waals surface area (Å²) in [4.78, 5) is 0. The van der Waals surface area contributed by atoms with Crippen LogP contribution in [0.5, 0.6) is 0 Å². The summed E-state index contributed by atoms with van der Waals surface area (Å²) in [5, 5.41) is 1.09. The summed E-state index contributed by atoms with van der Waals surface area (Å²) in [6, 6.07) is 34.2. The van der Waals surface area contributed by atoms with Crippen LogP contribution in [-0.2, 0) is 0 Å². The van der Waals surface area contributed by atoms with Crippen molar-refractivity contribution < 1.29 is 65.9 Å². The van der Waals surface area contributed by atoms with E-state index in [2.05, 4.69) is 0 Å². The molecule has 0 spiro atoms. The van der Waals surface area contributed by atoms with Gasteiger partial charge in [-0.3, -0.25) is 0 Å². The van der Waals surface area contributed by atoms with Gasteiger partial charge in [0.2, 0.25) is 17.5 Å². The predicted octanol–water partition coefficient (Wildman–Crippen LogP) is 18.1. The van der Waals surface area contributed by atoms with E-state index in [-0.39, 0.29) is 65.4 Å². The van der Waals surface area contributed by atoms with Crippen LogP contribution < -0.4 is 0 Å². The molecule has 0 fully saturated rings. The van der Waals surface area contributed by atoms with Crippen LogP contribution in [0, 0.1) is 87.3 Å². The minimum Gasteiger partial charge on any atom is -0.308 e. The molecule has 0 amide bonds. The van der Waals surface area contributed by atoms with E-state index < -0.39 is 138 Å². The molecule has 384 valence electrons. The molecule has 18 heteroatoms. The van der Waals surface area contributed by atoms with E-state index in [9.17, 15) is 0 Å². The van der Waals surface area contributed by atoms with Crippen LogP contribution in [-0.4, -0.2) is 13.7 Å². The molecule has 0 saturated carbocycles. The van der Waals surface area contributed by atoms with Crippen LogP contribution in [0.4, 0.5) is 65.9 Å². The van der Waals surface area contributed by atoms with Crippen molar-refractivity contribution in [3.8, 4) is 50.4 Å². The summed E-state index contributed by atoms with van der Waals surface area (Å²) in [7, 11) is 0. The number of hydrogen-bond acceptors (Lipinski definition) is 0. The molecule has 3 nitrogen and oxygen atoms in total. The zero-order chi connectivity index (χ0) is 54.5. The highest BCUT2D eigenvalue weighted by Gasteiger charge is 2.43. The first-order valence-corrected chi connectivity index (χ1v) is 23.3. The number of nitrogens with zero attached hydrogens (tertiary/aromatic N) is 3. The zero-order valence-electron chi connectivity index (χ0n) is 38.9. The van der Waals surface area contributed by atoms with E-state index in [1.54, 1.807) is 0 Å². The van der Waals surface area contributed by atoms with Gasteiger partial charge in [-0.2, -0.15) is 0 Å². The molecule has 10 aromatic carbocycles. The third-order valence-electron chi connectivity index (χ3n) is 14.2. The number of para-hydroxylation sites is 6. The van der Waals surface area contributed by atoms with Gasteiger partial charge < -0.3 is 13.7 Å². The van der Waals surface area contributed by atoms with Gasteiger partial charge in [0, 0.05) is 49.0 Å². The Morgan fingerprint density at radius 3 is 0.474 bits per heavy atom. The Labute approximate surface area is 427 Å². The molecule has 13 rings (SSSR count). The third kappa shape index (κ3) is 6.33. The molecule has 0 saturated heterocycles. The fourth-order valence-corrected chi connectivity index (χ4v) is 11.1. The summed E-state index contributed by atoms with van der Waals surface area (Å²) in [6.45, 7) is 0. The molecule has 13 aromatic rings. The molecule has 78 heavy (non-hydrogen) atoms. The number of aromatic nitrogens is 3. The van der Waals surface area contributed by atoms with Crippen LogP contribution >= 0.6 is 0 Å². The fraction of sp³-hybridized carbons (Fsp3) is 0. The summed E-state index contributed by atoms with van der Waals surface area (Å²) in [6.07, 6.45) is 0. The van der Waals surface area contributed by atoms with Crippen molar-refractivity contribution in [3.05, 3.63) is 233 Å². The lowest BCUT2D eigenvalue weighted by Gasteiger charge is -2.31. The smallest absolute Gasteiger partial charge is 0.200 e. The normalized spacial score (nSPS) is 12.0.